The maximum atomic E-state index is 13.3. The van der Waals surface area contributed by atoms with E-state index in [4.69, 9.17) is 30.5 Å². The topological polar surface area (TPSA) is 89.1 Å². The second kappa shape index (κ2) is 8.14. The number of halogens is 1. The molecule has 0 aliphatic carbocycles. The summed E-state index contributed by atoms with van der Waals surface area (Å²) in [6, 6.07) is 3.29. The third-order valence-corrected chi connectivity index (χ3v) is 5.61. The Labute approximate surface area is 190 Å². The minimum atomic E-state index is -1.22. The van der Waals surface area contributed by atoms with E-state index in [9.17, 15) is 9.90 Å². The maximum Gasteiger partial charge on any atom is 1.00 e. The predicted octanol–water partition coefficient (Wildman–Crippen LogP) is -1.85. The summed E-state index contributed by atoms with van der Waals surface area (Å²) >= 11 is 6.08. The summed E-state index contributed by atoms with van der Waals surface area (Å²) < 4.78 is 22.6. The number of nitrogens with one attached hydrogen (secondary N) is 1. The van der Waals surface area contributed by atoms with E-state index in [1.54, 1.807) is 19.1 Å². The van der Waals surface area contributed by atoms with Gasteiger partial charge in [-0.3, -0.25) is 4.79 Å². The summed E-state index contributed by atoms with van der Waals surface area (Å²) in [5.74, 6) is -1.16. The van der Waals surface area contributed by atoms with Gasteiger partial charge in [-0.15, -0.1) is 0 Å². The van der Waals surface area contributed by atoms with Gasteiger partial charge in [0.25, 0.3) is 5.91 Å². The molecule has 3 aliphatic rings. The van der Waals surface area contributed by atoms with E-state index < -0.39 is 17.2 Å². The summed E-state index contributed by atoms with van der Waals surface area (Å²) in [5.41, 5.74) is -0.0234. The van der Waals surface area contributed by atoms with Crippen LogP contribution in [0.2, 0.25) is 5.02 Å². The second-order valence-electron chi connectivity index (χ2n) is 7.14. The number of rotatable bonds is 2. The fraction of sp³-hybridized carbons (Fsp3) is 0.526. The van der Waals surface area contributed by atoms with Crippen LogP contribution in [-0.2, 0) is 19.0 Å². The van der Waals surface area contributed by atoms with Crippen molar-refractivity contribution in [2.24, 2.45) is 0 Å². The van der Waals surface area contributed by atoms with Gasteiger partial charge in [0.2, 0.25) is 0 Å². The van der Waals surface area contributed by atoms with Crippen LogP contribution in [0, 0.1) is 6.92 Å². The molecule has 28 heavy (non-hydrogen) atoms. The van der Waals surface area contributed by atoms with Gasteiger partial charge in [0.05, 0.1) is 39.1 Å². The van der Waals surface area contributed by atoms with Gasteiger partial charge in [0.1, 0.15) is 5.75 Å². The van der Waals surface area contributed by atoms with Gasteiger partial charge in [0.15, 0.2) is 5.79 Å². The van der Waals surface area contributed by atoms with Crippen LogP contribution >= 0.6 is 11.6 Å². The average molecular weight is 418 g/mol. The van der Waals surface area contributed by atoms with Gasteiger partial charge >= 0.3 is 29.6 Å². The fourth-order valence-electron chi connectivity index (χ4n) is 3.87. The fourth-order valence-corrected chi connectivity index (χ4v) is 4.13. The minimum absolute atomic E-state index is 0. The second-order valence-corrected chi connectivity index (χ2v) is 7.58. The SMILES string of the molecule is COc1cc(Cl)cc(C)c1C1=C([O-])C2(COC3(CCOCC3)OC2)NC1=O.[Na+]. The first-order chi connectivity index (χ1) is 12.9. The Hall–Kier alpha value is -0.800. The van der Waals surface area contributed by atoms with Crippen LogP contribution in [-0.4, -0.2) is 50.8 Å². The number of methoxy groups -OCH3 is 1. The molecule has 1 amide bonds. The zero-order valence-electron chi connectivity index (χ0n) is 16.2. The van der Waals surface area contributed by atoms with Crippen molar-refractivity contribution in [3.05, 3.63) is 34.0 Å². The van der Waals surface area contributed by atoms with E-state index in [0.29, 0.717) is 48.0 Å². The van der Waals surface area contributed by atoms with Crippen molar-refractivity contribution < 1.29 is 58.4 Å². The molecule has 0 radical (unpaired) electrons. The Morgan fingerprint density at radius 3 is 2.46 bits per heavy atom. The molecule has 3 aliphatic heterocycles. The van der Waals surface area contributed by atoms with Crippen molar-refractivity contribution >= 4 is 23.1 Å². The number of aryl methyl sites for hydroxylation is 1. The third-order valence-electron chi connectivity index (χ3n) is 5.39. The van der Waals surface area contributed by atoms with Crippen molar-refractivity contribution in [3.8, 4) is 5.75 Å². The van der Waals surface area contributed by atoms with E-state index in [0.717, 1.165) is 0 Å². The summed E-state index contributed by atoms with van der Waals surface area (Å²) in [6.07, 6.45) is 1.21. The number of hydrogen-bond acceptors (Lipinski definition) is 6. The molecule has 0 saturated carbocycles. The van der Waals surface area contributed by atoms with E-state index in [1.165, 1.54) is 7.11 Å². The first kappa shape index (κ1) is 21.9. The van der Waals surface area contributed by atoms with Crippen molar-refractivity contribution in [1.82, 2.24) is 5.32 Å². The van der Waals surface area contributed by atoms with E-state index >= 15 is 0 Å². The first-order valence-corrected chi connectivity index (χ1v) is 9.22. The van der Waals surface area contributed by atoms with Crippen molar-refractivity contribution in [2.75, 3.05) is 33.5 Å². The average Bonchev–Trinajstić information content (AvgIpc) is 2.89. The third kappa shape index (κ3) is 3.58. The molecule has 146 valence electrons. The zero-order valence-corrected chi connectivity index (χ0v) is 19.0. The summed E-state index contributed by atoms with van der Waals surface area (Å²) in [6.45, 7) is 3.01. The Bertz CT molecular complexity index is 811. The summed E-state index contributed by atoms with van der Waals surface area (Å²) in [5, 5.41) is 16.5. The smallest absolute Gasteiger partial charge is 0.873 e. The van der Waals surface area contributed by atoms with Gasteiger partial charge in [-0.05, 0) is 24.6 Å². The standard InChI is InChI=1S/C19H22ClNO6.Na/c1-11-7-12(20)8-13(24-2)14(11)15-16(22)18(21-17(15)23)9-26-19(27-10-18)3-5-25-6-4-19;/h7-8,22H,3-6,9-10H2,1-2H3,(H,21,23);/q;+1/p-1. The molecule has 2 saturated heterocycles. The molecule has 9 heteroatoms. The molecule has 4 rings (SSSR count). The first-order valence-electron chi connectivity index (χ1n) is 8.84. The molecule has 2 fully saturated rings. The molecular weight excluding hydrogens is 397 g/mol. The Morgan fingerprint density at radius 2 is 1.86 bits per heavy atom. The molecule has 7 nitrogen and oxygen atoms in total. The zero-order chi connectivity index (χ0) is 19.2. The number of carbonyl (C=O) groups is 1. The number of carbonyl (C=O) groups excluding carboxylic acids is 1. The van der Waals surface area contributed by atoms with E-state index in [1.807, 2.05) is 0 Å². The van der Waals surface area contributed by atoms with Crippen LogP contribution < -0.4 is 44.7 Å². The quantitative estimate of drug-likeness (QED) is 0.569. The van der Waals surface area contributed by atoms with Crippen molar-refractivity contribution in [2.45, 2.75) is 31.1 Å². The monoisotopic (exact) mass is 417 g/mol. The number of hydrogen-bond donors (Lipinski definition) is 1. The summed E-state index contributed by atoms with van der Waals surface area (Å²) in [4.78, 5) is 12.7. The van der Waals surface area contributed by atoms with Gasteiger partial charge in [-0.2, -0.15) is 0 Å². The normalized spacial score (nSPS) is 22.9. The van der Waals surface area contributed by atoms with E-state index in [-0.39, 0.29) is 54.1 Å². The van der Waals surface area contributed by atoms with Crippen LogP contribution in [0.4, 0.5) is 0 Å². The molecule has 1 aromatic carbocycles. The van der Waals surface area contributed by atoms with E-state index in [2.05, 4.69) is 5.32 Å². The van der Waals surface area contributed by atoms with Crippen molar-refractivity contribution in [3.63, 3.8) is 0 Å². The van der Waals surface area contributed by atoms with Gasteiger partial charge in [-0.1, -0.05) is 17.4 Å². The number of ether oxygens (including phenoxy) is 4. The maximum absolute atomic E-state index is 13.3. The molecule has 1 N–H and O–H groups in total. The van der Waals surface area contributed by atoms with Crippen LogP contribution in [0.15, 0.2) is 17.9 Å². The van der Waals surface area contributed by atoms with Crippen LogP contribution in [0.5, 0.6) is 5.75 Å². The molecule has 0 atom stereocenters. The van der Waals surface area contributed by atoms with Gasteiger partial charge in [0, 0.05) is 29.0 Å². The Balaban J connectivity index is 0.00000225. The largest absolute Gasteiger partial charge is 1.00 e. The van der Waals surface area contributed by atoms with Crippen LogP contribution in [0.3, 0.4) is 0 Å². The summed E-state index contributed by atoms with van der Waals surface area (Å²) in [7, 11) is 1.48. The molecule has 1 aromatic rings. The van der Waals surface area contributed by atoms with Crippen LogP contribution in [0.25, 0.3) is 5.57 Å². The number of benzene rings is 1. The molecule has 0 bridgehead atoms. The van der Waals surface area contributed by atoms with Crippen LogP contribution in [0.1, 0.15) is 24.0 Å². The molecular formula is C19H21ClNNaO6. The Morgan fingerprint density at radius 1 is 1.21 bits per heavy atom. The Kier molecular flexibility index (Phi) is 6.37. The van der Waals surface area contributed by atoms with Gasteiger partial charge in [-0.25, -0.2) is 0 Å². The molecule has 2 spiro atoms. The molecule has 3 heterocycles. The molecule has 0 aromatic heterocycles. The van der Waals surface area contributed by atoms with Gasteiger partial charge < -0.3 is 29.4 Å². The minimum Gasteiger partial charge on any atom is -0.873 e. The predicted molar refractivity (Wildman–Crippen MR) is 95.2 cm³/mol. The molecule has 0 unspecified atom stereocenters. The van der Waals surface area contributed by atoms with Crippen molar-refractivity contribution in [1.29, 1.82) is 0 Å². The number of amides is 1.